The minimum atomic E-state index is -0.506. The normalized spacial score (nSPS) is 10.3. The first kappa shape index (κ1) is 16.0. The Bertz CT molecular complexity index is 702. The van der Waals surface area contributed by atoms with Gasteiger partial charge in [0.25, 0.3) is 5.69 Å². The molecule has 0 fully saturated rings. The molecule has 2 rings (SSSR count). The van der Waals surface area contributed by atoms with Crippen molar-refractivity contribution in [3.63, 3.8) is 0 Å². The van der Waals surface area contributed by atoms with Crippen LogP contribution in [0.1, 0.15) is 11.1 Å². The van der Waals surface area contributed by atoms with Gasteiger partial charge in [0.1, 0.15) is 6.20 Å². The molecule has 0 radical (unpaired) electrons. The molecular weight excluding hydrogens is 302 g/mol. The summed E-state index contributed by atoms with van der Waals surface area (Å²) in [6, 6.07) is 8.63. The number of rotatable bonds is 5. The molecule has 0 bridgehead atoms. The van der Waals surface area contributed by atoms with Crippen molar-refractivity contribution in [3.8, 4) is 0 Å². The molecule has 6 nitrogen and oxygen atoms in total. The lowest BCUT2D eigenvalue weighted by molar-refractivity contribution is -0.385. The van der Waals surface area contributed by atoms with E-state index in [1.165, 1.54) is 35.7 Å². The zero-order valence-corrected chi connectivity index (χ0v) is 13.0. The zero-order chi connectivity index (χ0) is 16.1. The first-order chi connectivity index (χ1) is 10.5. The van der Waals surface area contributed by atoms with E-state index in [4.69, 9.17) is 0 Å². The minimum absolute atomic E-state index is 0.0658. The maximum absolute atomic E-state index is 11.9. The van der Waals surface area contributed by atoms with E-state index >= 15 is 0 Å². The Labute approximate surface area is 132 Å². The van der Waals surface area contributed by atoms with Crippen LogP contribution in [-0.4, -0.2) is 21.6 Å². The quantitative estimate of drug-likeness (QED) is 0.519. The summed E-state index contributed by atoms with van der Waals surface area (Å²) in [6.07, 6.45) is 1.18. The summed E-state index contributed by atoms with van der Waals surface area (Å²) < 4.78 is 0. The Morgan fingerprint density at radius 2 is 2.05 bits per heavy atom. The standard InChI is InChI=1S/C15H15N3O3S/c1-10-3-4-12(7-11(10)2)17-14(19)9-22-15-6-5-13(8-16-15)18(20)21/h3-8H,9H2,1-2H3,(H,17,19). The van der Waals surface area contributed by atoms with Gasteiger partial charge >= 0.3 is 0 Å². The summed E-state index contributed by atoms with van der Waals surface area (Å²) in [7, 11) is 0. The van der Waals surface area contributed by atoms with Crippen molar-refractivity contribution in [2.45, 2.75) is 18.9 Å². The van der Waals surface area contributed by atoms with Crippen molar-refractivity contribution in [3.05, 3.63) is 57.8 Å². The molecule has 1 amide bonds. The number of nitro groups is 1. The predicted octanol–water partition coefficient (Wildman–Crippen LogP) is 3.34. The number of carbonyl (C=O) groups excluding carboxylic acids is 1. The van der Waals surface area contributed by atoms with Crippen molar-refractivity contribution in [2.75, 3.05) is 11.1 Å². The van der Waals surface area contributed by atoms with Crippen LogP contribution in [0.4, 0.5) is 11.4 Å². The monoisotopic (exact) mass is 317 g/mol. The van der Waals surface area contributed by atoms with Crippen molar-refractivity contribution in [2.24, 2.45) is 0 Å². The molecule has 114 valence electrons. The number of benzene rings is 1. The zero-order valence-electron chi connectivity index (χ0n) is 12.2. The third-order valence-corrected chi connectivity index (χ3v) is 4.02. The number of thioether (sulfide) groups is 1. The second-order valence-corrected chi connectivity index (χ2v) is 5.74. The summed E-state index contributed by atoms with van der Waals surface area (Å²) in [6.45, 7) is 4.00. The second-order valence-electron chi connectivity index (χ2n) is 4.75. The van der Waals surface area contributed by atoms with Crippen molar-refractivity contribution in [1.82, 2.24) is 4.98 Å². The van der Waals surface area contributed by atoms with Gasteiger partial charge in [-0.25, -0.2) is 4.98 Å². The first-order valence-electron chi connectivity index (χ1n) is 6.56. The molecular formula is C15H15N3O3S. The van der Waals surface area contributed by atoms with E-state index in [-0.39, 0.29) is 17.3 Å². The van der Waals surface area contributed by atoms with Crippen LogP contribution >= 0.6 is 11.8 Å². The Morgan fingerprint density at radius 3 is 2.64 bits per heavy atom. The summed E-state index contributed by atoms with van der Waals surface area (Å²) in [5.41, 5.74) is 2.97. The lowest BCUT2D eigenvalue weighted by Crippen LogP contribution is -2.14. The smallest absolute Gasteiger partial charge is 0.287 e. The number of nitrogens with zero attached hydrogens (tertiary/aromatic N) is 2. The Morgan fingerprint density at radius 1 is 1.27 bits per heavy atom. The van der Waals surface area contributed by atoms with E-state index in [0.29, 0.717) is 5.03 Å². The van der Waals surface area contributed by atoms with E-state index in [1.807, 2.05) is 32.0 Å². The highest BCUT2D eigenvalue weighted by atomic mass is 32.2. The van der Waals surface area contributed by atoms with Crippen LogP contribution in [-0.2, 0) is 4.79 Å². The van der Waals surface area contributed by atoms with Crippen LogP contribution in [0, 0.1) is 24.0 Å². The SMILES string of the molecule is Cc1ccc(NC(=O)CSc2ccc([N+](=O)[O-])cn2)cc1C. The Balaban J connectivity index is 1.89. The molecule has 0 aliphatic heterocycles. The van der Waals surface area contributed by atoms with E-state index < -0.39 is 4.92 Å². The van der Waals surface area contributed by atoms with Crippen molar-refractivity contribution in [1.29, 1.82) is 0 Å². The molecule has 1 aromatic carbocycles. The minimum Gasteiger partial charge on any atom is -0.325 e. The van der Waals surface area contributed by atoms with Gasteiger partial charge in [0, 0.05) is 11.8 Å². The number of anilines is 1. The predicted molar refractivity (Wildman–Crippen MR) is 86.2 cm³/mol. The van der Waals surface area contributed by atoms with Gasteiger partial charge in [-0.15, -0.1) is 0 Å². The van der Waals surface area contributed by atoms with Gasteiger partial charge in [-0.05, 0) is 43.2 Å². The van der Waals surface area contributed by atoms with Gasteiger partial charge in [-0.1, -0.05) is 17.8 Å². The topological polar surface area (TPSA) is 85.1 Å². The molecule has 0 spiro atoms. The summed E-state index contributed by atoms with van der Waals surface area (Å²) >= 11 is 1.23. The molecule has 1 N–H and O–H groups in total. The highest BCUT2D eigenvalue weighted by Crippen LogP contribution is 2.19. The van der Waals surface area contributed by atoms with E-state index in [1.54, 1.807) is 0 Å². The molecule has 1 aromatic heterocycles. The number of nitrogens with one attached hydrogen (secondary N) is 1. The molecule has 2 aromatic rings. The van der Waals surface area contributed by atoms with Crippen LogP contribution < -0.4 is 5.32 Å². The molecule has 0 atom stereocenters. The van der Waals surface area contributed by atoms with Gasteiger partial charge in [-0.3, -0.25) is 14.9 Å². The van der Waals surface area contributed by atoms with Gasteiger partial charge in [0.2, 0.25) is 5.91 Å². The lowest BCUT2D eigenvalue weighted by Gasteiger charge is -2.07. The van der Waals surface area contributed by atoms with E-state index in [9.17, 15) is 14.9 Å². The highest BCUT2D eigenvalue weighted by Gasteiger charge is 2.08. The van der Waals surface area contributed by atoms with Crippen LogP contribution in [0.2, 0.25) is 0 Å². The average Bonchev–Trinajstić information content (AvgIpc) is 2.49. The Kier molecular flexibility index (Phi) is 5.11. The molecule has 1 heterocycles. The number of carbonyl (C=O) groups is 1. The van der Waals surface area contributed by atoms with E-state index in [0.717, 1.165) is 11.3 Å². The lowest BCUT2D eigenvalue weighted by atomic mass is 10.1. The van der Waals surface area contributed by atoms with Gasteiger partial charge < -0.3 is 5.32 Å². The summed E-state index contributed by atoms with van der Waals surface area (Å²) in [5.74, 6) is 0.0472. The van der Waals surface area contributed by atoms with Gasteiger partial charge in [0.05, 0.1) is 15.7 Å². The maximum atomic E-state index is 11.9. The third-order valence-electron chi connectivity index (χ3n) is 3.07. The number of aryl methyl sites for hydroxylation is 2. The van der Waals surface area contributed by atoms with Crippen LogP contribution in [0.5, 0.6) is 0 Å². The number of hydrogen-bond acceptors (Lipinski definition) is 5. The van der Waals surface area contributed by atoms with Crippen molar-refractivity contribution < 1.29 is 9.72 Å². The van der Waals surface area contributed by atoms with Crippen LogP contribution in [0.15, 0.2) is 41.6 Å². The first-order valence-corrected chi connectivity index (χ1v) is 7.54. The number of pyridine rings is 1. The fraction of sp³-hybridized carbons (Fsp3) is 0.200. The second kappa shape index (κ2) is 7.04. The maximum Gasteiger partial charge on any atom is 0.287 e. The molecule has 0 unspecified atom stereocenters. The molecule has 0 saturated carbocycles. The van der Waals surface area contributed by atoms with Gasteiger partial charge in [0.15, 0.2) is 0 Å². The number of amides is 1. The van der Waals surface area contributed by atoms with Crippen LogP contribution in [0.25, 0.3) is 0 Å². The fourth-order valence-electron chi connectivity index (χ4n) is 1.72. The molecule has 7 heteroatoms. The van der Waals surface area contributed by atoms with E-state index in [2.05, 4.69) is 10.3 Å². The summed E-state index contributed by atoms with van der Waals surface area (Å²) in [4.78, 5) is 25.9. The molecule has 0 saturated heterocycles. The molecule has 0 aliphatic carbocycles. The van der Waals surface area contributed by atoms with Crippen molar-refractivity contribution >= 4 is 29.0 Å². The number of hydrogen-bond donors (Lipinski definition) is 1. The highest BCUT2D eigenvalue weighted by molar-refractivity contribution is 7.99. The Hall–Kier alpha value is -2.41. The average molecular weight is 317 g/mol. The fourth-order valence-corrected chi connectivity index (χ4v) is 2.36. The van der Waals surface area contributed by atoms with Crippen LogP contribution in [0.3, 0.4) is 0 Å². The third kappa shape index (κ3) is 4.29. The number of aromatic nitrogens is 1. The molecule has 22 heavy (non-hydrogen) atoms. The molecule has 0 aliphatic rings. The largest absolute Gasteiger partial charge is 0.325 e. The van der Waals surface area contributed by atoms with Gasteiger partial charge in [-0.2, -0.15) is 0 Å². The summed E-state index contributed by atoms with van der Waals surface area (Å²) in [5, 5.41) is 13.9.